The Kier molecular flexibility index (Phi) is 3.95. The monoisotopic (exact) mass is 319 g/mol. The van der Waals surface area contributed by atoms with Crippen LogP contribution in [-0.4, -0.2) is 13.4 Å². The average molecular weight is 320 g/mol. The minimum absolute atomic E-state index is 0.0360. The van der Waals surface area contributed by atoms with Crippen LogP contribution in [0.3, 0.4) is 0 Å². The van der Waals surface area contributed by atoms with Gasteiger partial charge in [0.15, 0.2) is 0 Å². The molecule has 19 heavy (non-hydrogen) atoms. The van der Waals surface area contributed by atoms with Gasteiger partial charge in [-0.25, -0.2) is 13.1 Å². The van der Waals surface area contributed by atoms with Gasteiger partial charge in [-0.1, -0.05) is 29.0 Å². The molecule has 0 unspecified atom stereocenters. The summed E-state index contributed by atoms with van der Waals surface area (Å²) in [6, 6.07) is 4.46. The molecule has 0 amide bonds. The Morgan fingerprint density at radius 3 is 2.74 bits per heavy atom. The predicted molar refractivity (Wildman–Crippen MR) is 74.8 cm³/mol. The van der Waals surface area contributed by atoms with Gasteiger partial charge in [0.1, 0.15) is 4.90 Å². The van der Waals surface area contributed by atoms with Crippen LogP contribution in [0.25, 0.3) is 0 Å². The number of nitrogens with two attached hydrogens (primary N) is 1. The number of sulfonamides is 1. The summed E-state index contributed by atoms with van der Waals surface area (Å²) >= 11 is 6.81. The van der Waals surface area contributed by atoms with Crippen LogP contribution in [0.1, 0.15) is 5.69 Å². The zero-order valence-electron chi connectivity index (χ0n) is 9.51. The van der Waals surface area contributed by atoms with Crippen molar-refractivity contribution in [1.29, 1.82) is 0 Å². The van der Waals surface area contributed by atoms with Crippen LogP contribution in [0, 0.1) is 0 Å². The fourth-order valence-corrected chi connectivity index (χ4v) is 3.72. The second kappa shape index (κ2) is 5.33. The first kappa shape index (κ1) is 14.1. The Balaban J connectivity index is 2.26. The molecule has 0 saturated carbocycles. The third-order valence-corrected chi connectivity index (χ3v) is 4.95. The number of hydrogen-bond acceptors (Lipinski definition) is 5. The summed E-state index contributed by atoms with van der Waals surface area (Å²) in [4.78, 5) is 13.0. The van der Waals surface area contributed by atoms with Crippen LogP contribution in [-0.2, 0) is 16.6 Å². The van der Waals surface area contributed by atoms with Gasteiger partial charge >= 0.3 is 4.87 Å². The van der Waals surface area contributed by atoms with E-state index in [1.807, 2.05) is 0 Å². The lowest BCUT2D eigenvalue weighted by molar-refractivity contribution is 0.581. The molecule has 0 radical (unpaired) electrons. The number of benzene rings is 1. The summed E-state index contributed by atoms with van der Waals surface area (Å²) < 4.78 is 26.5. The van der Waals surface area contributed by atoms with Crippen molar-refractivity contribution in [3.8, 4) is 0 Å². The van der Waals surface area contributed by atoms with E-state index in [1.165, 1.54) is 12.1 Å². The van der Waals surface area contributed by atoms with Crippen molar-refractivity contribution in [2.45, 2.75) is 11.4 Å². The molecular formula is C10H10ClN3O3S2. The van der Waals surface area contributed by atoms with E-state index in [2.05, 4.69) is 9.71 Å². The summed E-state index contributed by atoms with van der Waals surface area (Å²) in [6.07, 6.45) is 0. The Labute approximate surface area is 118 Å². The number of aromatic amines is 1. The van der Waals surface area contributed by atoms with Gasteiger partial charge in [0.25, 0.3) is 0 Å². The quantitative estimate of drug-likeness (QED) is 0.735. The molecule has 0 saturated heterocycles. The standard InChI is InChI=1S/C10H10ClN3O3S2/c11-7-2-1-3-8(12)9(7)19(16,17)13-4-6-5-18-10(15)14-6/h1-3,5,13H,4,12H2,(H,14,15). The van der Waals surface area contributed by atoms with Crippen molar-refractivity contribution >= 4 is 38.6 Å². The second-order valence-corrected chi connectivity index (χ2v) is 6.61. The largest absolute Gasteiger partial charge is 0.398 e. The van der Waals surface area contributed by atoms with Gasteiger partial charge in [0.05, 0.1) is 17.3 Å². The summed E-state index contributed by atoms with van der Waals surface area (Å²) in [5.74, 6) is 0. The first-order valence-electron chi connectivity index (χ1n) is 5.10. The van der Waals surface area contributed by atoms with Crippen molar-refractivity contribution in [1.82, 2.24) is 9.71 Å². The molecule has 0 fully saturated rings. The molecule has 9 heteroatoms. The second-order valence-electron chi connectivity index (χ2n) is 3.66. The first-order valence-corrected chi connectivity index (χ1v) is 7.84. The Hall–Kier alpha value is -1.35. The minimum atomic E-state index is -3.83. The number of halogens is 1. The van der Waals surface area contributed by atoms with Gasteiger partial charge in [-0.3, -0.25) is 4.79 Å². The third-order valence-electron chi connectivity index (χ3n) is 2.29. The highest BCUT2D eigenvalue weighted by atomic mass is 35.5. The van der Waals surface area contributed by atoms with Gasteiger partial charge in [-0.15, -0.1) is 0 Å². The van der Waals surface area contributed by atoms with Gasteiger partial charge in [-0.05, 0) is 12.1 Å². The fraction of sp³-hybridized carbons (Fsp3) is 0.100. The molecule has 6 nitrogen and oxygen atoms in total. The van der Waals surface area contributed by atoms with E-state index < -0.39 is 10.0 Å². The smallest absolute Gasteiger partial charge is 0.304 e. The van der Waals surface area contributed by atoms with Crippen molar-refractivity contribution in [3.63, 3.8) is 0 Å². The van der Waals surface area contributed by atoms with E-state index in [0.29, 0.717) is 5.69 Å². The number of nitrogen functional groups attached to an aromatic ring is 1. The number of rotatable bonds is 4. The lowest BCUT2D eigenvalue weighted by Crippen LogP contribution is -2.25. The van der Waals surface area contributed by atoms with Crippen LogP contribution in [0.4, 0.5) is 5.69 Å². The highest BCUT2D eigenvalue weighted by molar-refractivity contribution is 7.89. The molecule has 102 valence electrons. The molecule has 2 rings (SSSR count). The van der Waals surface area contributed by atoms with E-state index in [0.717, 1.165) is 11.3 Å². The lowest BCUT2D eigenvalue weighted by Gasteiger charge is -2.09. The molecule has 0 aliphatic carbocycles. The summed E-state index contributed by atoms with van der Waals surface area (Å²) in [5, 5.41) is 1.59. The van der Waals surface area contributed by atoms with Crippen molar-refractivity contribution in [2.24, 2.45) is 0 Å². The molecule has 0 bridgehead atoms. The molecule has 0 aliphatic rings. The minimum Gasteiger partial charge on any atom is -0.398 e. The number of aromatic nitrogens is 1. The third kappa shape index (κ3) is 3.16. The van der Waals surface area contributed by atoms with Gasteiger partial charge in [0.2, 0.25) is 10.0 Å². The van der Waals surface area contributed by atoms with E-state index in [4.69, 9.17) is 17.3 Å². The molecule has 0 spiro atoms. The molecule has 4 N–H and O–H groups in total. The van der Waals surface area contributed by atoms with Crippen LogP contribution in [0.15, 0.2) is 33.3 Å². The number of thiazole rings is 1. The van der Waals surface area contributed by atoms with E-state index >= 15 is 0 Å². The van der Waals surface area contributed by atoms with Crippen molar-refractivity contribution < 1.29 is 8.42 Å². The number of anilines is 1. The van der Waals surface area contributed by atoms with Crippen molar-refractivity contribution in [3.05, 3.63) is 44.0 Å². The van der Waals surface area contributed by atoms with Crippen LogP contribution in [0.5, 0.6) is 0 Å². The highest BCUT2D eigenvalue weighted by Crippen LogP contribution is 2.26. The maximum atomic E-state index is 12.1. The lowest BCUT2D eigenvalue weighted by atomic mass is 10.3. The average Bonchev–Trinajstić information content (AvgIpc) is 2.72. The SMILES string of the molecule is Nc1cccc(Cl)c1S(=O)(=O)NCc1csc(=O)[nH]1. The van der Waals surface area contributed by atoms with Gasteiger partial charge in [0, 0.05) is 11.1 Å². The fourth-order valence-electron chi connectivity index (χ4n) is 1.45. The molecular weight excluding hydrogens is 310 g/mol. The Morgan fingerprint density at radius 1 is 1.42 bits per heavy atom. The van der Waals surface area contributed by atoms with Crippen LogP contribution < -0.4 is 15.3 Å². The molecule has 1 aromatic heterocycles. The summed E-state index contributed by atoms with van der Waals surface area (Å²) in [6.45, 7) is -0.0360. The molecule has 1 heterocycles. The zero-order chi connectivity index (χ0) is 14.0. The normalized spacial score (nSPS) is 11.6. The molecule has 0 atom stereocenters. The van der Waals surface area contributed by atoms with E-state index in [1.54, 1.807) is 11.4 Å². The summed E-state index contributed by atoms with van der Waals surface area (Å²) in [5.41, 5.74) is 6.17. The topological polar surface area (TPSA) is 105 Å². The molecule has 1 aromatic carbocycles. The maximum absolute atomic E-state index is 12.1. The highest BCUT2D eigenvalue weighted by Gasteiger charge is 2.20. The van der Waals surface area contributed by atoms with Crippen molar-refractivity contribution in [2.75, 3.05) is 5.73 Å². The Morgan fingerprint density at radius 2 is 2.16 bits per heavy atom. The zero-order valence-corrected chi connectivity index (χ0v) is 11.9. The number of H-pyrrole nitrogens is 1. The maximum Gasteiger partial charge on any atom is 0.304 e. The number of hydrogen-bond donors (Lipinski definition) is 3. The first-order chi connectivity index (χ1) is 8.90. The van der Waals surface area contributed by atoms with Gasteiger partial charge < -0.3 is 10.7 Å². The summed E-state index contributed by atoms with van der Waals surface area (Å²) in [7, 11) is -3.83. The van der Waals surface area contributed by atoms with Gasteiger partial charge in [-0.2, -0.15) is 0 Å². The molecule has 2 aromatic rings. The van der Waals surface area contributed by atoms with E-state index in [9.17, 15) is 13.2 Å². The van der Waals surface area contributed by atoms with Crippen LogP contribution >= 0.6 is 22.9 Å². The predicted octanol–water partition coefficient (Wildman–Crippen LogP) is 1.15. The van der Waals surface area contributed by atoms with E-state index in [-0.39, 0.29) is 27.0 Å². The number of nitrogens with one attached hydrogen (secondary N) is 2. The molecule has 0 aliphatic heterocycles. The Bertz CT molecular complexity index is 731. The van der Waals surface area contributed by atoms with Crippen LogP contribution in [0.2, 0.25) is 5.02 Å².